The SMILES string of the molecule is COc1ccc(Br)cc1/C=N\N=C1\S[C@H](C)C(=O)N1Cc1ccccc1. The van der Waals surface area contributed by atoms with Crippen LogP contribution in [-0.4, -0.2) is 34.5 Å². The van der Waals surface area contributed by atoms with Crippen LogP contribution in [0.5, 0.6) is 5.75 Å². The number of halogens is 1. The summed E-state index contributed by atoms with van der Waals surface area (Å²) in [6, 6.07) is 15.5. The second-order valence-electron chi connectivity index (χ2n) is 5.68. The van der Waals surface area contributed by atoms with Crippen molar-refractivity contribution in [3.63, 3.8) is 0 Å². The number of hydrogen-bond donors (Lipinski definition) is 0. The van der Waals surface area contributed by atoms with Crippen LogP contribution in [0.4, 0.5) is 0 Å². The van der Waals surface area contributed by atoms with Crippen molar-refractivity contribution in [3.05, 3.63) is 64.1 Å². The van der Waals surface area contributed by atoms with E-state index < -0.39 is 0 Å². The summed E-state index contributed by atoms with van der Waals surface area (Å²) in [6.45, 7) is 2.38. The van der Waals surface area contributed by atoms with E-state index in [-0.39, 0.29) is 11.2 Å². The number of ether oxygens (including phenoxy) is 1. The number of hydrogen-bond acceptors (Lipinski definition) is 5. The number of carbonyl (C=O) groups excluding carboxylic acids is 1. The lowest BCUT2D eigenvalue weighted by molar-refractivity contribution is -0.126. The minimum atomic E-state index is -0.159. The van der Waals surface area contributed by atoms with Crippen molar-refractivity contribution in [1.82, 2.24) is 4.90 Å². The standard InChI is InChI=1S/C19H18BrN3O2S/c1-13-18(24)23(12-14-6-4-3-5-7-14)19(26-13)22-21-11-15-10-16(20)8-9-17(15)25-2/h3-11,13H,12H2,1-2H3/b21-11-,22-19+/t13-/m1/s1. The van der Waals surface area contributed by atoms with Crippen LogP contribution in [0.25, 0.3) is 0 Å². The molecule has 0 aromatic heterocycles. The highest BCUT2D eigenvalue weighted by Crippen LogP contribution is 2.28. The molecule has 0 radical (unpaired) electrons. The normalized spacial score (nSPS) is 18.9. The second-order valence-corrected chi connectivity index (χ2v) is 7.91. The number of methoxy groups -OCH3 is 1. The summed E-state index contributed by atoms with van der Waals surface area (Å²) in [5.74, 6) is 0.759. The molecule has 26 heavy (non-hydrogen) atoms. The fourth-order valence-electron chi connectivity index (χ4n) is 2.52. The Morgan fingerprint density at radius 1 is 1.27 bits per heavy atom. The maximum atomic E-state index is 12.4. The smallest absolute Gasteiger partial charge is 0.242 e. The van der Waals surface area contributed by atoms with Crippen LogP contribution in [0.1, 0.15) is 18.1 Å². The van der Waals surface area contributed by atoms with Crippen LogP contribution in [0.2, 0.25) is 0 Å². The summed E-state index contributed by atoms with van der Waals surface area (Å²) in [7, 11) is 1.61. The molecule has 0 unspecified atom stereocenters. The van der Waals surface area contributed by atoms with Gasteiger partial charge < -0.3 is 4.74 Å². The van der Waals surface area contributed by atoms with Crippen molar-refractivity contribution in [3.8, 4) is 5.75 Å². The van der Waals surface area contributed by atoms with Crippen LogP contribution in [0.3, 0.4) is 0 Å². The van der Waals surface area contributed by atoms with Gasteiger partial charge in [0.05, 0.1) is 25.1 Å². The van der Waals surface area contributed by atoms with E-state index in [4.69, 9.17) is 4.74 Å². The number of carbonyl (C=O) groups is 1. The molecule has 5 nitrogen and oxygen atoms in total. The first-order chi connectivity index (χ1) is 12.6. The van der Waals surface area contributed by atoms with Crippen LogP contribution >= 0.6 is 27.7 Å². The molecular formula is C19H18BrN3O2S. The lowest BCUT2D eigenvalue weighted by Gasteiger charge is -2.15. The fraction of sp³-hybridized carbons (Fsp3) is 0.211. The van der Waals surface area contributed by atoms with Crippen LogP contribution < -0.4 is 4.74 Å². The molecule has 0 bridgehead atoms. The summed E-state index contributed by atoms with van der Waals surface area (Å²) in [6.07, 6.45) is 1.63. The van der Waals surface area contributed by atoms with Gasteiger partial charge in [-0.1, -0.05) is 58.0 Å². The summed E-state index contributed by atoms with van der Waals surface area (Å²) >= 11 is 4.86. The first-order valence-corrected chi connectivity index (χ1v) is 9.72. The molecular weight excluding hydrogens is 414 g/mol. The molecule has 7 heteroatoms. The molecule has 1 heterocycles. The Morgan fingerprint density at radius 2 is 2.04 bits per heavy atom. The quantitative estimate of drug-likeness (QED) is 0.523. The van der Waals surface area contributed by atoms with Gasteiger partial charge in [-0.05, 0) is 30.7 Å². The van der Waals surface area contributed by atoms with Crippen molar-refractivity contribution in [1.29, 1.82) is 0 Å². The van der Waals surface area contributed by atoms with Gasteiger partial charge in [-0.15, -0.1) is 5.10 Å². The maximum absolute atomic E-state index is 12.4. The van der Waals surface area contributed by atoms with Gasteiger partial charge in [-0.25, -0.2) is 0 Å². The summed E-state index contributed by atoms with van der Waals surface area (Å²) in [5.41, 5.74) is 1.86. The monoisotopic (exact) mass is 431 g/mol. The van der Waals surface area contributed by atoms with Gasteiger partial charge >= 0.3 is 0 Å². The van der Waals surface area contributed by atoms with Gasteiger partial charge in [0, 0.05) is 10.0 Å². The number of amides is 1. The van der Waals surface area contributed by atoms with E-state index in [1.807, 2.05) is 55.5 Å². The summed E-state index contributed by atoms with van der Waals surface area (Å²) in [5, 5.41) is 8.92. The molecule has 1 aliphatic rings. The Hall–Kier alpha value is -2.12. The molecule has 0 N–H and O–H groups in total. The third kappa shape index (κ3) is 4.34. The van der Waals surface area contributed by atoms with Crippen LogP contribution in [-0.2, 0) is 11.3 Å². The Morgan fingerprint density at radius 3 is 2.77 bits per heavy atom. The van der Waals surface area contributed by atoms with E-state index in [0.717, 1.165) is 15.6 Å². The number of rotatable bonds is 5. The van der Waals surface area contributed by atoms with Crippen molar-refractivity contribution < 1.29 is 9.53 Å². The zero-order valence-corrected chi connectivity index (χ0v) is 16.8. The lowest BCUT2D eigenvalue weighted by Crippen LogP contribution is -2.30. The molecule has 1 amide bonds. The average Bonchev–Trinajstić information content (AvgIpc) is 2.90. The second kappa shape index (κ2) is 8.51. The first-order valence-electron chi connectivity index (χ1n) is 8.05. The number of benzene rings is 2. The summed E-state index contributed by atoms with van der Waals surface area (Å²) < 4.78 is 6.25. The average molecular weight is 432 g/mol. The topological polar surface area (TPSA) is 54.3 Å². The van der Waals surface area contributed by atoms with Gasteiger partial charge in [0.1, 0.15) is 5.75 Å². The van der Waals surface area contributed by atoms with Gasteiger partial charge in [-0.2, -0.15) is 5.10 Å². The first kappa shape index (κ1) is 18.7. The molecule has 2 aromatic carbocycles. The maximum Gasteiger partial charge on any atom is 0.242 e. The Balaban J connectivity index is 1.82. The highest BCUT2D eigenvalue weighted by atomic mass is 79.9. The van der Waals surface area contributed by atoms with Gasteiger partial charge in [0.25, 0.3) is 0 Å². The molecule has 3 rings (SSSR count). The molecule has 1 atom stereocenters. The van der Waals surface area contributed by atoms with Crippen molar-refractivity contribution in [2.75, 3.05) is 7.11 Å². The molecule has 1 saturated heterocycles. The van der Waals surface area contributed by atoms with E-state index in [1.165, 1.54) is 11.8 Å². The van der Waals surface area contributed by atoms with Gasteiger partial charge in [0.15, 0.2) is 5.17 Å². The van der Waals surface area contributed by atoms with Crippen LogP contribution in [0.15, 0.2) is 63.2 Å². The largest absolute Gasteiger partial charge is 0.496 e. The molecule has 0 spiro atoms. The Kier molecular flexibility index (Phi) is 6.11. The molecule has 2 aromatic rings. The molecule has 0 aliphatic carbocycles. The van der Waals surface area contributed by atoms with Crippen molar-refractivity contribution in [2.45, 2.75) is 18.7 Å². The van der Waals surface area contributed by atoms with Crippen LogP contribution in [0, 0.1) is 0 Å². The number of amidine groups is 1. The van der Waals surface area contributed by atoms with E-state index >= 15 is 0 Å². The molecule has 134 valence electrons. The van der Waals surface area contributed by atoms with Gasteiger partial charge in [-0.3, -0.25) is 9.69 Å². The third-order valence-corrected chi connectivity index (χ3v) is 5.40. The predicted molar refractivity (Wildman–Crippen MR) is 110 cm³/mol. The fourth-order valence-corrected chi connectivity index (χ4v) is 3.82. The highest BCUT2D eigenvalue weighted by Gasteiger charge is 2.35. The highest BCUT2D eigenvalue weighted by molar-refractivity contribution is 9.10. The van der Waals surface area contributed by atoms with E-state index in [2.05, 4.69) is 26.1 Å². The lowest BCUT2D eigenvalue weighted by atomic mass is 10.2. The Labute approximate surface area is 165 Å². The molecule has 0 saturated carbocycles. The van der Waals surface area contributed by atoms with Crippen molar-refractivity contribution >= 4 is 45.0 Å². The zero-order valence-electron chi connectivity index (χ0n) is 14.4. The molecule has 1 fully saturated rings. The Bertz CT molecular complexity index is 855. The third-order valence-electron chi connectivity index (χ3n) is 3.84. The van der Waals surface area contributed by atoms with E-state index in [1.54, 1.807) is 18.2 Å². The summed E-state index contributed by atoms with van der Waals surface area (Å²) in [4.78, 5) is 14.1. The minimum Gasteiger partial charge on any atom is -0.496 e. The van der Waals surface area contributed by atoms with E-state index in [9.17, 15) is 4.79 Å². The number of thioether (sulfide) groups is 1. The van der Waals surface area contributed by atoms with Crippen molar-refractivity contribution in [2.24, 2.45) is 10.2 Å². The zero-order chi connectivity index (χ0) is 18.5. The van der Waals surface area contributed by atoms with Gasteiger partial charge in [0.2, 0.25) is 5.91 Å². The molecule has 1 aliphatic heterocycles. The minimum absolute atomic E-state index is 0.0489. The predicted octanol–water partition coefficient (Wildman–Crippen LogP) is 4.31. The van der Waals surface area contributed by atoms with E-state index in [0.29, 0.717) is 17.5 Å². The number of nitrogens with zero attached hydrogens (tertiary/aromatic N) is 3.